The summed E-state index contributed by atoms with van der Waals surface area (Å²) in [5.74, 6) is 0. The Morgan fingerprint density at radius 2 is 1.85 bits per heavy atom. The fraction of sp³-hybridized carbons (Fsp3) is 0.667. The number of rotatable bonds is 7. The normalized spacial score (nSPS) is 25.2. The number of hydrogen-bond donors (Lipinski definition) is 1. The molecule has 2 heterocycles. The smallest absolute Gasteiger partial charge is 0.0731 e. The first-order valence-electron chi connectivity index (χ1n) is 10.9. The van der Waals surface area contributed by atoms with Crippen molar-refractivity contribution in [1.29, 1.82) is 0 Å². The zero-order chi connectivity index (χ0) is 19.1. The van der Waals surface area contributed by atoms with E-state index in [1.807, 2.05) is 6.08 Å². The molecule has 3 heteroatoms. The number of ether oxygens (including phenoxy) is 1. The Morgan fingerprint density at radius 1 is 1.19 bits per heavy atom. The van der Waals surface area contributed by atoms with Crippen molar-refractivity contribution in [2.45, 2.75) is 76.4 Å². The van der Waals surface area contributed by atoms with E-state index in [0.717, 1.165) is 18.0 Å². The van der Waals surface area contributed by atoms with Crippen molar-refractivity contribution in [3.63, 3.8) is 0 Å². The van der Waals surface area contributed by atoms with E-state index in [1.54, 1.807) is 5.57 Å². The molecule has 1 N–H and O–H groups in total. The second-order valence-corrected chi connectivity index (χ2v) is 8.48. The minimum atomic E-state index is -0.634. The van der Waals surface area contributed by atoms with E-state index in [0.29, 0.717) is 32.5 Å². The van der Waals surface area contributed by atoms with Gasteiger partial charge in [-0.2, -0.15) is 0 Å². The Bertz CT molecular complexity index is 582. The molecule has 2 saturated heterocycles. The Morgan fingerprint density at radius 3 is 2.41 bits per heavy atom. The molecule has 0 amide bonds. The first-order valence-corrected chi connectivity index (χ1v) is 10.9. The summed E-state index contributed by atoms with van der Waals surface area (Å²) in [7, 11) is 0. The van der Waals surface area contributed by atoms with Crippen molar-refractivity contribution < 1.29 is 9.84 Å². The van der Waals surface area contributed by atoms with Crippen LogP contribution in [0.5, 0.6) is 0 Å². The third-order valence-electron chi connectivity index (χ3n) is 6.56. The number of nitrogens with zero attached hydrogens (tertiary/aromatic N) is 1. The lowest BCUT2D eigenvalue weighted by Crippen LogP contribution is -2.43. The van der Waals surface area contributed by atoms with E-state index >= 15 is 0 Å². The van der Waals surface area contributed by atoms with Gasteiger partial charge in [-0.05, 0) is 56.1 Å². The second-order valence-electron chi connectivity index (χ2n) is 8.48. The van der Waals surface area contributed by atoms with E-state index in [-0.39, 0.29) is 0 Å². The number of aliphatic hydroxyl groups is 1. The number of piperidine rings is 1. The van der Waals surface area contributed by atoms with Gasteiger partial charge in [-0.1, -0.05) is 49.8 Å². The molecule has 0 atom stereocenters. The van der Waals surface area contributed by atoms with Crippen molar-refractivity contribution in [3.8, 4) is 0 Å². The summed E-state index contributed by atoms with van der Waals surface area (Å²) in [6.45, 7) is 9.95. The molecular formula is C24H37NO2. The molecule has 0 aromatic carbocycles. The molecule has 0 aromatic rings. The van der Waals surface area contributed by atoms with E-state index in [2.05, 4.69) is 36.6 Å². The van der Waals surface area contributed by atoms with E-state index in [9.17, 15) is 5.11 Å². The maximum atomic E-state index is 10.7. The molecule has 27 heavy (non-hydrogen) atoms. The average Bonchev–Trinajstić information content (AvgIpc) is 2.64. The highest BCUT2D eigenvalue weighted by molar-refractivity contribution is 5.32. The number of allylic oxidation sites excluding steroid dienone is 5. The molecule has 1 aliphatic carbocycles. The van der Waals surface area contributed by atoms with Crippen LogP contribution in [0.2, 0.25) is 0 Å². The lowest BCUT2D eigenvalue weighted by Gasteiger charge is -2.40. The predicted molar refractivity (Wildman–Crippen MR) is 113 cm³/mol. The summed E-state index contributed by atoms with van der Waals surface area (Å²) in [4.78, 5) is 2.69. The summed E-state index contributed by atoms with van der Waals surface area (Å²) in [6.07, 6.45) is 18.5. The van der Waals surface area contributed by atoms with E-state index in [1.165, 1.54) is 50.8 Å². The Kier molecular flexibility index (Phi) is 7.51. The highest BCUT2D eigenvalue weighted by Crippen LogP contribution is 2.30. The van der Waals surface area contributed by atoms with Crippen molar-refractivity contribution in [2.24, 2.45) is 0 Å². The van der Waals surface area contributed by atoms with Crippen LogP contribution >= 0.6 is 0 Å². The number of hydrogen-bond acceptors (Lipinski definition) is 3. The molecule has 2 aliphatic heterocycles. The highest BCUT2D eigenvalue weighted by atomic mass is 16.5. The van der Waals surface area contributed by atoms with Gasteiger partial charge in [0.1, 0.15) is 0 Å². The first-order chi connectivity index (χ1) is 13.1. The van der Waals surface area contributed by atoms with Crippen LogP contribution in [0.4, 0.5) is 0 Å². The van der Waals surface area contributed by atoms with Crippen LogP contribution < -0.4 is 0 Å². The van der Waals surface area contributed by atoms with Gasteiger partial charge in [0.25, 0.3) is 0 Å². The fourth-order valence-corrected chi connectivity index (χ4v) is 4.32. The average molecular weight is 372 g/mol. The summed E-state index contributed by atoms with van der Waals surface area (Å²) in [6, 6.07) is 0.877. The minimum absolute atomic E-state index is 0.634. The van der Waals surface area contributed by atoms with Crippen LogP contribution in [-0.4, -0.2) is 48.0 Å². The largest absolute Gasteiger partial charge is 0.389 e. The minimum Gasteiger partial charge on any atom is -0.389 e. The van der Waals surface area contributed by atoms with Crippen molar-refractivity contribution in [3.05, 3.63) is 47.6 Å². The zero-order valence-corrected chi connectivity index (χ0v) is 17.1. The molecule has 0 bridgehead atoms. The molecule has 0 spiro atoms. The standard InChI is InChI=1S/C24H37NO2/c1-3-20(18-22-10-14-25(15-11-22)23-6-5-7-23)8-9-21(4-2)19-24(26)12-16-27-17-13-24/h4,8-9,18,23,26H,2-3,5-7,10-17,19H2,1H3. The maximum Gasteiger partial charge on any atom is 0.0731 e. The van der Waals surface area contributed by atoms with Crippen molar-refractivity contribution in [2.75, 3.05) is 26.3 Å². The van der Waals surface area contributed by atoms with Crippen molar-refractivity contribution in [1.82, 2.24) is 4.90 Å². The molecule has 3 nitrogen and oxygen atoms in total. The Labute approximate surface area is 165 Å². The summed E-state index contributed by atoms with van der Waals surface area (Å²) in [5.41, 5.74) is 3.45. The van der Waals surface area contributed by atoms with Crippen LogP contribution in [0.25, 0.3) is 0 Å². The maximum absolute atomic E-state index is 10.7. The number of likely N-dealkylation sites (tertiary alicyclic amines) is 1. The van der Waals surface area contributed by atoms with Gasteiger partial charge < -0.3 is 9.84 Å². The van der Waals surface area contributed by atoms with Gasteiger partial charge in [0, 0.05) is 38.8 Å². The molecule has 3 fully saturated rings. The zero-order valence-electron chi connectivity index (χ0n) is 17.1. The molecule has 0 unspecified atom stereocenters. The monoisotopic (exact) mass is 371 g/mol. The van der Waals surface area contributed by atoms with Gasteiger partial charge in [-0.3, -0.25) is 4.90 Å². The first kappa shape index (κ1) is 20.6. The fourth-order valence-electron chi connectivity index (χ4n) is 4.32. The van der Waals surface area contributed by atoms with Crippen LogP contribution in [0.1, 0.15) is 64.7 Å². The van der Waals surface area contributed by atoms with Crippen LogP contribution in [-0.2, 0) is 4.74 Å². The molecule has 3 aliphatic rings. The Hall–Kier alpha value is -1.16. The lowest BCUT2D eigenvalue weighted by molar-refractivity contribution is -0.0620. The predicted octanol–water partition coefficient (Wildman–Crippen LogP) is 4.94. The summed E-state index contributed by atoms with van der Waals surface area (Å²) < 4.78 is 5.38. The topological polar surface area (TPSA) is 32.7 Å². The van der Waals surface area contributed by atoms with Crippen LogP contribution in [0.3, 0.4) is 0 Å². The highest BCUT2D eigenvalue weighted by Gasteiger charge is 2.30. The van der Waals surface area contributed by atoms with Crippen LogP contribution in [0, 0.1) is 0 Å². The van der Waals surface area contributed by atoms with E-state index < -0.39 is 5.60 Å². The van der Waals surface area contributed by atoms with Gasteiger partial charge >= 0.3 is 0 Å². The van der Waals surface area contributed by atoms with Gasteiger partial charge in [-0.15, -0.1) is 0 Å². The molecule has 150 valence electrons. The quantitative estimate of drug-likeness (QED) is 0.643. The molecular weight excluding hydrogens is 334 g/mol. The summed E-state index contributed by atoms with van der Waals surface area (Å²) in [5, 5.41) is 10.7. The van der Waals surface area contributed by atoms with E-state index in [4.69, 9.17) is 4.74 Å². The molecule has 0 radical (unpaired) electrons. The second kappa shape index (κ2) is 9.86. The van der Waals surface area contributed by atoms with Gasteiger partial charge in [0.05, 0.1) is 5.60 Å². The molecule has 0 aromatic heterocycles. The SMILES string of the molecule is C=CC(=CC=C(C=C1CCN(C2CCC2)CC1)CC)CC1(O)CCOCC1. The summed E-state index contributed by atoms with van der Waals surface area (Å²) >= 11 is 0. The Balaban J connectivity index is 1.58. The third-order valence-corrected chi connectivity index (χ3v) is 6.56. The molecule has 3 rings (SSSR count). The van der Waals surface area contributed by atoms with Crippen LogP contribution in [0.15, 0.2) is 47.6 Å². The van der Waals surface area contributed by atoms with Crippen molar-refractivity contribution >= 4 is 0 Å². The van der Waals surface area contributed by atoms with Gasteiger partial charge in [0.15, 0.2) is 0 Å². The van der Waals surface area contributed by atoms with Gasteiger partial charge in [-0.25, -0.2) is 0 Å². The van der Waals surface area contributed by atoms with Gasteiger partial charge in [0.2, 0.25) is 0 Å². The molecule has 1 saturated carbocycles. The third kappa shape index (κ3) is 5.91. The lowest BCUT2D eigenvalue weighted by atomic mass is 9.87.